The second-order valence-electron chi connectivity index (χ2n) is 5.78. The molecule has 0 unspecified atom stereocenters. The minimum Gasteiger partial charge on any atom is -0.336 e. The molecule has 0 atom stereocenters. The highest BCUT2D eigenvalue weighted by atomic mass is 35.5. The SMILES string of the molecule is O=C(c1ccc(F)cc1)N1CCN(S(=O)(=O)c2cc(Cl)ccc2Cl)CC1. The minimum absolute atomic E-state index is 0.0509. The quantitative estimate of drug-likeness (QED) is 0.771. The van der Waals surface area contributed by atoms with E-state index in [4.69, 9.17) is 23.2 Å². The van der Waals surface area contributed by atoms with Crippen LogP contribution in [0.4, 0.5) is 4.39 Å². The molecule has 1 saturated heterocycles. The smallest absolute Gasteiger partial charge is 0.253 e. The molecule has 26 heavy (non-hydrogen) atoms. The minimum atomic E-state index is -3.81. The summed E-state index contributed by atoms with van der Waals surface area (Å²) in [5, 5.41) is 0.373. The molecular weight excluding hydrogens is 402 g/mol. The molecule has 2 aromatic rings. The van der Waals surface area contributed by atoms with Crippen molar-refractivity contribution in [2.75, 3.05) is 26.2 Å². The van der Waals surface area contributed by atoms with Crippen LogP contribution in [-0.2, 0) is 10.0 Å². The van der Waals surface area contributed by atoms with Crippen molar-refractivity contribution in [3.63, 3.8) is 0 Å². The lowest BCUT2D eigenvalue weighted by Crippen LogP contribution is -2.50. The highest BCUT2D eigenvalue weighted by molar-refractivity contribution is 7.89. The summed E-state index contributed by atoms with van der Waals surface area (Å²) in [6.07, 6.45) is 0. The van der Waals surface area contributed by atoms with Gasteiger partial charge in [-0.15, -0.1) is 0 Å². The third-order valence-corrected chi connectivity index (χ3v) is 6.74. The van der Waals surface area contributed by atoms with Gasteiger partial charge in [0, 0.05) is 36.8 Å². The first-order valence-electron chi connectivity index (χ1n) is 7.79. The van der Waals surface area contributed by atoms with Gasteiger partial charge in [-0.2, -0.15) is 4.31 Å². The molecule has 9 heteroatoms. The van der Waals surface area contributed by atoms with Gasteiger partial charge in [-0.1, -0.05) is 23.2 Å². The van der Waals surface area contributed by atoms with Crippen LogP contribution in [-0.4, -0.2) is 49.7 Å². The molecule has 3 rings (SSSR count). The first-order chi connectivity index (χ1) is 12.3. The van der Waals surface area contributed by atoms with Crippen LogP contribution in [0.1, 0.15) is 10.4 Å². The molecule has 5 nitrogen and oxygen atoms in total. The molecule has 0 aliphatic carbocycles. The van der Waals surface area contributed by atoms with Gasteiger partial charge in [0.1, 0.15) is 10.7 Å². The summed E-state index contributed by atoms with van der Waals surface area (Å²) >= 11 is 11.9. The number of rotatable bonds is 3. The Labute approximate surface area is 161 Å². The lowest BCUT2D eigenvalue weighted by molar-refractivity contribution is 0.0698. The Hall–Kier alpha value is -1.67. The monoisotopic (exact) mass is 416 g/mol. The molecule has 0 radical (unpaired) electrons. The van der Waals surface area contributed by atoms with Crippen molar-refractivity contribution in [3.05, 3.63) is 63.9 Å². The first kappa shape index (κ1) is 19.1. The van der Waals surface area contributed by atoms with Crippen LogP contribution in [0.5, 0.6) is 0 Å². The van der Waals surface area contributed by atoms with Crippen molar-refractivity contribution in [3.8, 4) is 0 Å². The highest BCUT2D eigenvalue weighted by Gasteiger charge is 2.31. The Bertz CT molecular complexity index is 928. The number of carbonyl (C=O) groups excluding carboxylic acids is 1. The summed E-state index contributed by atoms with van der Waals surface area (Å²) in [4.78, 5) is 13.9. The Balaban J connectivity index is 1.72. The molecule has 1 aliphatic rings. The second-order valence-corrected chi connectivity index (χ2v) is 8.53. The maximum Gasteiger partial charge on any atom is 0.253 e. The summed E-state index contributed by atoms with van der Waals surface area (Å²) < 4.78 is 39.8. The van der Waals surface area contributed by atoms with E-state index in [0.717, 1.165) is 0 Å². The summed E-state index contributed by atoms with van der Waals surface area (Å²) in [6.45, 7) is 0.734. The van der Waals surface area contributed by atoms with Crippen molar-refractivity contribution in [1.82, 2.24) is 9.21 Å². The van der Waals surface area contributed by atoms with Crippen LogP contribution >= 0.6 is 23.2 Å². The molecule has 0 bridgehead atoms. The van der Waals surface area contributed by atoms with E-state index in [1.54, 1.807) is 4.90 Å². The van der Waals surface area contributed by atoms with E-state index >= 15 is 0 Å². The van der Waals surface area contributed by atoms with Crippen molar-refractivity contribution >= 4 is 39.1 Å². The summed E-state index contributed by atoms with van der Waals surface area (Å²) in [6, 6.07) is 9.52. The lowest BCUT2D eigenvalue weighted by atomic mass is 10.2. The number of nitrogens with zero attached hydrogens (tertiary/aromatic N) is 2. The highest BCUT2D eigenvalue weighted by Crippen LogP contribution is 2.28. The fourth-order valence-electron chi connectivity index (χ4n) is 2.72. The van der Waals surface area contributed by atoms with E-state index in [1.807, 2.05) is 0 Å². The fraction of sp³-hybridized carbons (Fsp3) is 0.235. The number of carbonyl (C=O) groups is 1. The van der Waals surface area contributed by atoms with Crippen LogP contribution in [0, 0.1) is 5.82 Å². The van der Waals surface area contributed by atoms with E-state index < -0.39 is 15.8 Å². The largest absolute Gasteiger partial charge is 0.336 e. The third kappa shape index (κ3) is 3.86. The number of hydrogen-bond acceptors (Lipinski definition) is 3. The molecule has 0 aromatic heterocycles. The van der Waals surface area contributed by atoms with Crippen molar-refractivity contribution in [2.24, 2.45) is 0 Å². The Kier molecular flexibility index (Phi) is 5.53. The average Bonchev–Trinajstić information content (AvgIpc) is 2.64. The second kappa shape index (κ2) is 7.52. The molecule has 138 valence electrons. The average molecular weight is 417 g/mol. The van der Waals surface area contributed by atoms with Crippen molar-refractivity contribution < 1.29 is 17.6 Å². The van der Waals surface area contributed by atoms with Gasteiger partial charge in [0.2, 0.25) is 10.0 Å². The van der Waals surface area contributed by atoms with E-state index in [2.05, 4.69) is 0 Å². The van der Waals surface area contributed by atoms with Gasteiger partial charge < -0.3 is 4.90 Å². The van der Waals surface area contributed by atoms with Gasteiger partial charge in [0.25, 0.3) is 5.91 Å². The lowest BCUT2D eigenvalue weighted by Gasteiger charge is -2.34. The van der Waals surface area contributed by atoms with Gasteiger partial charge in [-0.25, -0.2) is 12.8 Å². The molecular formula is C17H15Cl2FN2O3S. The van der Waals surface area contributed by atoms with E-state index in [-0.39, 0.29) is 47.0 Å². The first-order valence-corrected chi connectivity index (χ1v) is 9.99. The number of halogens is 3. The van der Waals surface area contributed by atoms with Gasteiger partial charge in [0.05, 0.1) is 5.02 Å². The van der Waals surface area contributed by atoms with Gasteiger partial charge in [-0.3, -0.25) is 4.79 Å². The zero-order valence-electron chi connectivity index (χ0n) is 13.5. The molecule has 0 N–H and O–H groups in total. The van der Waals surface area contributed by atoms with Crippen LogP contribution < -0.4 is 0 Å². The normalized spacial score (nSPS) is 15.9. The number of sulfonamides is 1. The number of amides is 1. The van der Waals surface area contributed by atoms with Crippen LogP contribution in [0.15, 0.2) is 47.4 Å². The summed E-state index contributed by atoms with van der Waals surface area (Å²) in [5.74, 6) is -0.682. The summed E-state index contributed by atoms with van der Waals surface area (Å²) in [5.41, 5.74) is 0.362. The Morgan fingerprint density at radius 2 is 1.58 bits per heavy atom. The van der Waals surface area contributed by atoms with Gasteiger partial charge >= 0.3 is 0 Å². The Morgan fingerprint density at radius 3 is 2.19 bits per heavy atom. The predicted molar refractivity (Wildman–Crippen MR) is 97.5 cm³/mol. The molecule has 1 aliphatic heterocycles. The standard InChI is InChI=1S/C17H15Cl2FN2O3S/c18-13-3-6-15(19)16(11-13)26(24,25)22-9-7-21(8-10-22)17(23)12-1-4-14(20)5-2-12/h1-6,11H,7-10H2. The van der Waals surface area contributed by atoms with Crippen LogP contribution in [0.3, 0.4) is 0 Å². The Morgan fingerprint density at radius 1 is 0.962 bits per heavy atom. The van der Waals surface area contributed by atoms with Crippen molar-refractivity contribution in [2.45, 2.75) is 4.90 Å². The van der Waals surface area contributed by atoms with Crippen LogP contribution in [0.25, 0.3) is 0 Å². The van der Waals surface area contributed by atoms with Crippen LogP contribution in [0.2, 0.25) is 10.0 Å². The molecule has 2 aromatic carbocycles. The number of hydrogen-bond donors (Lipinski definition) is 0. The zero-order chi connectivity index (χ0) is 18.9. The van der Waals surface area contributed by atoms with Gasteiger partial charge in [-0.05, 0) is 42.5 Å². The maximum absolute atomic E-state index is 13.0. The van der Waals surface area contributed by atoms with E-state index in [9.17, 15) is 17.6 Å². The van der Waals surface area contributed by atoms with E-state index in [1.165, 1.54) is 46.8 Å². The number of piperazine rings is 1. The zero-order valence-corrected chi connectivity index (χ0v) is 15.9. The maximum atomic E-state index is 13.0. The predicted octanol–water partition coefficient (Wildman–Crippen LogP) is 3.28. The summed E-state index contributed by atoms with van der Waals surface area (Å²) in [7, 11) is -3.81. The van der Waals surface area contributed by atoms with E-state index in [0.29, 0.717) is 5.56 Å². The van der Waals surface area contributed by atoms with Crippen molar-refractivity contribution in [1.29, 1.82) is 0 Å². The van der Waals surface area contributed by atoms with Gasteiger partial charge in [0.15, 0.2) is 0 Å². The third-order valence-electron chi connectivity index (χ3n) is 4.13. The molecule has 1 amide bonds. The molecule has 0 saturated carbocycles. The topological polar surface area (TPSA) is 57.7 Å². The number of benzene rings is 2. The molecule has 0 spiro atoms. The fourth-order valence-corrected chi connectivity index (χ4v) is 4.88. The molecule has 1 heterocycles. The molecule has 1 fully saturated rings.